The van der Waals surface area contributed by atoms with Crippen molar-refractivity contribution in [3.8, 4) is 5.75 Å². The lowest BCUT2D eigenvalue weighted by Gasteiger charge is -2.27. The summed E-state index contributed by atoms with van der Waals surface area (Å²) in [5.74, 6) is 0.794. The van der Waals surface area contributed by atoms with Gasteiger partial charge in [0.25, 0.3) is 0 Å². The van der Waals surface area contributed by atoms with Gasteiger partial charge in [-0.1, -0.05) is 0 Å². The Bertz CT molecular complexity index is 545. The first-order valence-corrected chi connectivity index (χ1v) is 6.92. The van der Waals surface area contributed by atoms with Crippen molar-refractivity contribution in [2.45, 2.75) is 44.8 Å². The van der Waals surface area contributed by atoms with Gasteiger partial charge in [0, 0.05) is 11.8 Å². The van der Waals surface area contributed by atoms with Crippen molar-refractivity contribution < 1.29 is 14.3 Å². The van der Waals surface area contributed by atoms with Gasteiger partial charge < -0.3 is 14.8 Å². The molecule has 1 spiro atoms. The van der Waals surface area contributed by atoms with Crippen molar-refractivity contribution in [2.24, 2.45) is 0 Å². The fourth-order valence-corrected chi connectivity index (χ4v) is 2.20. The van der Waals surface area contributed by atoms with Crippen LogP contribution < -0.4 is 15.4 Å². The first-order valence-electron chi connectivity index (χ1n) is 6.92. The van der Waals surface area contributed by atoms with E-state index in [2.05, 4.69) is 10.6 Å². The number of ether oxygens (including phenoxy) is 2. The van der Waals surface area contributed by atoms with E-state index in [-0.39, 0.29) is 5.60 Å². The first-order chi connectivity index (χ1) is 9.35. The molecule has 1 heterocycles. The van der Waals surface area contributed by atoms with Crippen molar-refractivity contribution in [3.63, 3.8) is 0 Å². The molecule has 0 radical (unpaired) electrons. The van der Waals surface area contributed by atoms with Crippen LogP contribution >= 0.6 is 0 Å². The number of hydrogen-bond acceptors (Lipinski definition) is 4. The molecule has 1 saturated carbocycles. The van der Waals surface area contributed by atoms with Crippen LogP contribution in [0, 0.1) is 0 Å². The zero-order chi connectivity index (χ0) is 14.4. The minimum absolute atomic E-state index is 0.0163. The summed E-state index contributed by atoms with van der Waals surface area (Å²) < 4.78 is 11.2. The molecule has 108 valence electrons. The molecule has 0 unspecified atom stereocenters. The van der Waals surface area contributed by atoms with Gasteiger partial charge in [-0.15, -0.1) is 0 Å². The standard InChI is InChI=1S/C15H20N2O3/c1-14(2,3)20-13(18)17-10-4-5-11-12(8-10)19-15(6-7-15)9-16-11/h4-5,8,16H,6-7,9H2,1-3H3,(H,17,18). The van der Waals surface area contributed by atoms with Crippen LogP contribution in [-0.4, -0.2) is 23.8 Å². The summed E-state index contributed by atoms with van der Waals surface area (Å²) in [6.45, 7) is 6.37. The molecule has 1 amide bonds. The number of carbonyl (C=O) groups excluding carboxylic acids is 1. The summed E-state index contributed by atoms with van der Waals surface area (Å²) in [7, 11) is 0. The quantitative estimate of drug-likeness (QED) is 0.825. The van der Waals surface area contributed by atoms with Gasteiger partial charge in [-0.2, -0.15) is 0 Å². The van der Waals surface area contributed by atoms with Gasteiger partial charge in [-0.05, 0) is 45.7 Å². The summed E-state index contributed by atoms with van der Waals surface area (Å²) in [4.78, 5) is 11.7. The number of amides is 1. The molecule has 1 fully saturated rings. The monoisotopic (exact) mass is 276 g/mol. The van der Waals surface area contributed by atoms with Crippen LogP contribution in [0.4, 0.5) is 16.2 Å². The molecule has 0 atom stereocenters. The summed E-state index contributed by atoms with van der Waals surface area (Å²) in [5, 5.41) is 6.09. The lowest BCUT2D eigenvalue weighted by molar-refractivity contribution is 0.0636. The number of fused-ring (bicyclic) bond motifs is 1. The zero-order valence-corrected chi connectivity index (χ0v) is 12.1. The fraction of sp³-hybridized carbons (Fsp3) is 0.533. The molecule has 1 aromatic rings. The van der Waals surface area contributed by atoms with Crippen LogP contribution in [0.2, 0.25) is 0 Å². The molecule has 3 rings (SSSR count). The van der Waals surface area contributed by atoms with Crippen LogP contribution in [0.25, 0.3) is 0 Å². The second-order valence-corrected chi connectivity index (χ2v) is 6.48. The summed E-state index contributed by atoms with van der Waals surface area (Å²) in [6, 6.07) is 5.59. The van der Waals surface area contributed by atoms with E-state index in [1.165, 1.54) is 0 Å². The van der Waals surface area contributed by atoms with E-state index in [1.807, 2.05) is 39.0 Å². The van der Waals surface area contributed by atoms with Gasteiger partial charge in [0.2, 0.25) is 0 Å². The van der Waals surface area contributed by atoms with Crippen LogP contribution in [0.15, 0.2) is 18.2 Å². The Morgan fingerprint density at radius 2 is 2.15 bits per heavy atom. The average Bonchev–Trinajstić information content (AvgIpc) is 3.05. The molecule has 20 heavy (non-hydrogen) atoms. The topological polar surface area (TPSA) is 59.6 Å². The largest absolute Gasteiger partial charge is 0.483 e. The van der Waals surface area contributed by atoms with E-state index in [0.29, 0.717) is 5.69 Å². The highest BCUT2D eigenvalue weighted by Crippen LogP contribution is 2.46. The molecule has 0 aromatic heterocycles. The highest BCUT2D eigenvalue weighted by molar-refractivity contribution is 5.86. The van der Waals surface area contributed by atoms with Gasteiger partial charge in [-0.25, -0.2) is 4.79 Å². The number of carbonyl (C=O) groups is 1. The Balaban J connectivity index is 1.71. The van der Waals surface area contributed by atoms with Crippen molar-refractivity contribution in [3.05, 3.63) is 18.2 Å². The molecule has 1 aromatic carbocycles. The number of rotatable bonds is 1. The first kappa shape index (κ1) is 13.1. The predicted molar refractivity (Wildman–Crippen MR) is 77.4 cm³/mol. The fourth-order valence-electron chi connectivity index (χ4n) is 2.20. The van der Waals surface area contributed by atoms with Gasteiger partial charge in [0.05, 0.1) is 12.2 Å². The summed E-state index contributed by atoms with van der Waals surface area (Å²) in [6.07, 6.45) is 1.72. The second kappa shape index (κ2) is 4.30. The molecule has 5 heteroatoms. The van der Waals surface area contributed by atoms with Crippen molar-refractivity contribution in [2.75, 3.05) is 17.2 Å². The van der Waals surface area contributed by atoms with Gasteiger partial charge in [0.1, 0.15) is 17.0 Å². The molecule has 1 aliphatic carbocycles. The molecular weight excluding hydrogens is 256 g/mol. The normalized spacial score (nSPS) is 18.6. The van der Waals surface area contributed by atoms with Crippen LogP contribution in [0.3, 0.4) is 0 Å². The van der Waals surface area contributed by atoms with Gasteiger partial charge >= 0.3 is 6.09 Å². The predicted octanol–water partition coefficient (Wildman–Crippen LogP) is 3.37. The maximum absolute atomic E-state index is 11.7. The van der Waals surface area contributed by atoms with E-state index in [9.17, 15) is 4.79 Å². The lowest BCUT2D eigenvalue weighted by Crippen LogP contribution is -2.32. The maximum Gasteiger partial charge on any atom is 0.412 e. The van der Waals surface area contributed by atoms with Crippen molar-refractivity contribution in [1.29, 1.82) is 0 Å². The average molecular weight is 276 g/mol. The molecule has 0 bridgehead atoms. The SMILES string of the molecule is CC(C)(C)OC(=O)Nc1ccc2c(c1)OC1(CC1)CN2. The third kappa shape index (κ3) is 2.81. The Morgan fingerprint density at radius 1 is 1.40 bits per heavy atom. The number of nitrogens with one attached hydrogen (secondary N) is 2. The molecule has 2 aliphatic rings. The lowest BCUT2D eigenvalue weighted by atomic mass is 10.2. The number of hydrogen-bond donors (Lipinski definition) is 2. The smallest absolute Gasteiger partial charge is 0.412 e. The third-order valence-electron chi connectivity index (χ3n) is 3.36. The number of anilines is 2. The molecule has 5 nitrogen and oxygen atoms in total. The van der Waals surface area contributed by atoms with Crippen molar-refractivity contribution in [1.82, 2.24) is 0 Å². The Kier molecular flexibility index (Phi) is 2.81. The van der Waals surface area contributed by atoms with E-state index in [4.69, 9.17) is 9.47 Å². The minimum Gasteiger partial charge on any atom is -0.483 e. The Labute approximate surface area is 118 Å². The van der Waals surface area contributed by atoms with Gasteiger partial charge in [0.15, 0.2) is 0 Å². The summed E-state index contributed by atoms with van der Waals surface area (Å²) >= 11 is 0. The second-order valence-electron chi connectivity index (χ2n) is 6.48. The van der Waals surface area contributed by atoms with E-state index >= 15 is 0 Å². The van der Waals surface area contributed by atoms with Crippen LogP contribution in [-0.2, 0) is 4.74 Å². The zero-order valence-electron chi connectivity index (χ0n) is 12.1. The highest BCUT2D eigenvalue weighted by atomic mass is 16.6. The van der Waals surface area contributed by atoms with Crippen molar-refractivity contribution >= 4 is 17.5 Å². The van der Waals surface area contributed by atoms with Crippen LogP contribution in [0.5, 0.6) is 5.75 Å². The van der Waals surface area contributed by atoms with E-state index in [1.54, 1.807) is 0 Å². The van der Waals surface area contributed by atoms with E-state index in [0.717, 1.165) is 30.8 Å². The third-order valence-corrected chi connectivity index (χ3v) is 3.36. The molecule has 1 aliphatic heterocycles. The molecular formula is C15H20N2O3. The molecule has 0 saturated heterocycles. The van der Waals surface area contributed by atoms with Gasteiger partial charge in [-0.3, -0.25) is 5.32 Å². The molecule has 2 N–H and O–H groups in total. The maximum atomic E-state index is 11.7. The highest BCUT2D eigenvalue weighted by Gasteiger charge is 2.47. The van der Waals surface area contributed by atoms with E-state index < -0.39 is 11.7 Å². The Morgan fingerprint density at radius 3 is 2.80 bits per heavy atom. The summed E-state index contributed by atoms with van der Waals surface area (Å²) in [5.41, 5.74) is 1.13. The number of benzene rings is 1. The van der Waals surface area contributed by atoms with Crippen LogP contribution in [0.1, 0.15) is 33.6 Å². The minimum atomic E-state index is -0.506. The Hall–Kier alpha value is -1.91.